The molecule has 0 aliphatic carbocycles. The molecule has 0 aliphatic rings. The van der Waals surface area contributed by atoms with Crippen molar-refractivity contribution in [3.05, 3.63) is 17.8 Å². The number of nitrogens with zero attached hydrogens (tertiary/aromatic N) is 2. The monoisotopic (exact) mass is 265 g/mol. The maximum absolute atomic E-state index is 11.5. The second kappa shape index (κ2) is 7.68. The van der Waals surface area contributed by atoms with Gasteiger partial charge in [0.2, 0.25) is 0 Å². The summed E-state index contributed by atoms with van der Waals surface area (Å²) in [5, 5.41) is 13.6. The Kier molecular flexibility index (Phi) is 6.21. The maximum atomic E-state index is 11.5. The van der Waals surface area contributed by atoms with Crippen LogP contribution < -0.4 is 16.4 Å². The highest BCUT2D eigenvalue weighted by Gasteiger charge is 2.08. The largest absolute Gasteiger partial charge is 0.367 e. The first-order chi connectivity index (χ1) is 9.02. The lowest BCUT2D eigenvalue weighted by Gasteiger charge is -2.14. The number of carbonyl (C=O) groups excluding carboxylic acids is 1. The molecule has 0 bridgehead atoms. The Morgan fingerprint density at radius 3 is 2.63 bits per heavy atom. The van der Waals surface area contributed by atoms with Crippen molar-refractivity contribution in [2.75, 3.05) is 18.4 Å². The zero-order chi connectivity index (χ0) is 14.3. The van der Waals surface area contributed by atoms with Gasteiger partial charge in [-0.1, -0.05) is 13.8 Å². The predicted octanol–water partition coefficient (Wildman–Crippen LogP) is 1.01. The van der Waals surface area contributed by atoms with Crippen LogP contribution in [0.25, 0.3) is 0 Å². The third-order valence-electron chi connectivity index (χ3n) is 2.55. The van der Waals surface area contributed by atoms with Crippen LogP contribution in [0.4, 0.5) is 5.82 Å². The van der Waals surface area contributed by atoms with E-state index in [1.54, 1.807) is 12.1 Å². The third-order valence-corrected chi connectivity index (χ3v) is 2.55. The van der Waals surface area contributed by atoms with Gasteiger partial charge in [-0.25, -0.2) is 0 Å². The van der Waals surface area contributed by atoms with E-state index < -0.39 is 0 Å². The number of aromatic nitrogens is 2. The van der Waals surface area contributed by atoms with Crippen LogP contribution in [0.15, 0.2) is 12.1 Å². The summed E-state index contributed by atoms with van der Waals surface area (Å²) in [5.74, 6) is 0.994. The molecule has 0 saturated heterocycles. The molecule has 0 saturated carbocycles. The van der Waals surface area contributed by atoms with Gasteiger partial charge in [-0.3, -0.25) is 4.79 Å². The van der Waals surface area contributed by atoms with Crippen molar-refractivity contribution in [3.63, 3.8) is 0 Å². The number of carbonyl (C=O) groups is 1. The van der Waals surface area contributed by atoms with E-state index in [0.717, 1.165) is 6.42 Å². The van der Waals surface area contributed by atoms with Crippen LogP contribution in [0.1, 0.15) is 37.7 Å². The van der Waals surface area contributed by atoms with E-state index in [1.807, 2.05) is 6.92 Å². The molecule has 1 rings (SSSR count). The lowest BCUT2D eigenvalue weighted by atomic mass is 10.0. The fourth-order valence-electron chi connectivity index (χ4n) is 1.72. The first kappa shape index (κ1) is 15.4. The molecule has 1 aromatic rings. The average Bonchev–Trinajstić information content (AvgIpc) is 2.36. The molecular weight excluding hydrogens is 242 g/mol. The van der Waals surface area contributed by atoms with Crippen molar-refractivity contribution in [1.82, 2.24) is 15.5 Å². The molecule has 6 nitrogen and oxygen atoms in total. The Morgan fingerprint density at radius 1 is 1.37 bits per heavy atom. The van der Waals surface area contributed by atoms with Gasteiger partial charge in [-0.05, 0) is 31.4 Å². The zero-order valence-corrected chi connectivity index (χ0v) is 11.8. The molecule has 0 aliphatic heterocycles. The molecule has 106 valence electrons. The highest BCUT2D eigenvalue weighted by Crippen LogP contribution is 2.05. The molecule has 1 atom stereocenters. The smallest absolute Gasteiger partial charge is 0.271 e. The van der Waals surface area contributed by atoms with Crippen LogP contribution in [0.5, 0.6) is 0 Å². The van der Waals surface area contributed by atoms with E-state index in [2.05, 4.69) is 34.7 Å². The molecule has 0 fully saturated rings. The molecule has 1 aromatic heterocycles. The number of anilines is 1. The second-order valence-electron chi connectivity index (χ2n) is 4.93. The normalized spacial score (nSPS) is 12.3. The number of nitrogens with one attached hydrogen (secondary N) is 2. The van der Waals surface area contributed by atoms with Gasteiger partial charge in [-0.15, -0.1) is 10.2 Å². The number of hydrogen-bond donors (Lipinski definition) is 3. The standard InChI is InChI=1S/C13H23N5O/c1-4-15-13(19)11-5-6-12(18-17-11)16-8-10(14)7-9(2)3/h5-6,9-10H,4,7-8,14H2,1-3H3,(H,15,19)(H,16,18). The fourth-order valence-corrected chi connectivity index (χ4v) is 1.72. The van der Waals surface area contributed by atoms with Crippen LogP contribution in [0.2, 0.25) is 0 Å². The molecule has 6 heteroatoms. The summed E-state index contributed by atoms with van der Waals surface area (Å²) < 4.78 is 0. The second-order valence-corrected chi connectivity index (χ2v) is 4.93. The SMILES string of the molecule is CCNC(=O)c1ccc(NCC(N)CC(C)C)nn1. The first-order valence-corrected chi connectivity index (χ1v) is 6.64. The highest BCUT2D eigenvalue weighted by molar-refractivity contribution is 5.92. The van der Waals surface area contributed by atoms with Gasteiger partial charge in [0.25, 0.3) is 5.91 Å². The minimum absolute atomic E-state index is 0.0878. The van der Waals surface area contributed by atoms with Crippen molar-refractivity contribution in [1.29, 1.82) is 0 Å². The van der Waals surface area contributed by atoms with Crippen molar-refractivity contribution in [2.45, 2.75) is 33.2 Å². The van der Waals surface area contributed by atoms with Crippen LogP contribution in [-0.2, 0) is 0 Å². The summed E-state index contributed by atoms with van der Waals surface area (Å²) in [6, 6.07) is 3.47. The van der Waals surface area contributed by atoms with Crippen molar-refractivity contribution in [2.24, 2.45) is 11.7 Å². The van der Waals surface area contributed by atoms with Gasteiger partial charge in [0.05, 0.1) is 0 Å². The van der Waals surface area contributed by atoms with Crippen LogP contribution >= 0.6 is 0 Å². The average molecular weight is 265 g/mol. The van der Waals surface area contributed by atoms with Gasteiger partial charge in [-0.2, -0.15) is 0 Å². The van der Waals surface area contributed by atoms with Crippen LogP contribution in [-0.4, -0.2) is 35.2 Å². The lowest BCUT2D eigenvalue weighted by Crippen LogP contribution is -2.30. The van der Waals surface area contributed by atoms with E-state index in [0.29, 0.717) is 30.5 Å². The lowest BCUT2D eigenvalue weighted by molar-refractivity contribution is 0.0950. The molecule has 0 radical (unpaired) electrons. The van der Waals surface area contributed by atoms with E-state index in [9.17, 15) is 4.79 Å². The molecule has 1 heterocycles. The summed E-state index contributed by atoms with van der Waals surface area (Å²) in [6.07, 6.45) is 0.956. The van der Waals surface area contributed by atoms with Gasteiger partial charge in [0, 0.05) is 19.1 Å². The Bertz CT molecular complexity index is 391. The highest BCUT2D eigenvalue weighted by atomic mass is 16.1. The molecule has 19 heavy (non-hydrogen) atoms. The summed E-state index contributed by atoms with van der Waals surface area (Å²) in [6.45, 7) is 7.36. The minimum atomic E-state index is -0.210. The molecular formula is C13H23N5O. The first-order valence-electron chi connectivity index (χ1n) is 6.64. The number of nitrogens with two attached hydrogens (primary N) is 1. The summed E-state index contributed by atoms with van der Waals surface area (Å²) >= 11 is 0. The number of rotatable bonds is 7. The van der Waals surface area contributed by atoms with E-state index in [4.69, 9.17) is 5.73 Å². The molecule has 1 amide bonds. The van der Waals surface area contributed by atoms with Crippen LogP contribution in [0, 0.1) is 5.92 Å². The summed E-state index contributed by atoms with van der Waals surface area (Å²) in [5.41, 5.74) is 6.28. The minimum Gasteiger partial charge on any atom is -0.367 e. The fraction of sp³-hybridized carbons (Fsp3) is 0.615. The Hall–Kier alpha value is -1.69. The van der Waals surface area contributed by atoms with E-state index in [1.165, 1.54) is 0 Å². The van der Waals surface area contributed by atoms with Gasteiger partial charge in [0.1, 0.15) is 5.82 Å². The van der Waals surface area contributed by atoms with E-state index >= 15 is 0 Å². The van der Waals surface area contributed by atoms with Crippen molar-refractivity contribution >= 4 is 11.7 Å². The maximum Gasteiger partial charge on any atom is 0.271 e. The Morgan fingerprint density at radius 2 is 2.11 bits per heavy atom. The van der Waals surface area contributed by atoms with Gasteiger partial charge in [0.15, 0.2) is 5.69 Å². The quantitative estimate of drug-likeness (QED) is 0.684. The summed E-state index contributed by atoms with van der Waals surface area (Å²) in [7, 11) is 0. The van der Waals surface area contributed by atoms with Crippen molar-refractivity contribution in [3.8, 4) is 0 Å². The molecule has 0 spiro atoms. The number of hydrogen-bond acceptors (Lipinski definition) is 5. The topological polar surface area (TPSA) is 92.9 Å². The predicted molar refractivity (Wildman–Crippen MR) is 76.0 cm³/mol. The van der Waals surface area contributed by atoms with Crippen LogP contribution in [0.3, 0.4) is 0 Å². The Balaban J connectivity index is 2.46. The molecule has 4 N–H and O–H groups in total. The summed E-state index contributed by atoms with van der Waals surface area (Å²) in [4.78, 5) is 11.5. The molecule has 0 aromatic carbocycles. The molecule has 1 unspecified atom stereocenters. The Labute approximate surface area is 114 Å². The van der Waals surface area contributed by atoms with Gasteiger partial charge >= 0.3 is 0 Å². The van der Waals surface area contributed by atoms with E-state index in [-0.39, 0.29) is 11.9 Å². The zero-order valence-electron chi connectivity index (χ0n) is 11.8. The number of amides is 1. The third kappa shape index (κ3) is 5.65. The van der Waals surface area contributed by atoms with Crippen molar-refractivity contribution < 1.29 is 4.79 Å². The van der Waals surface area contributed by atoms with Gasteiger partial charge < -0.3 is 16.4 Å².